The summed E-state index contributed by atoms with van der Waals surface area (Å²) in [6.07, 6.45) is 1.09. The molecule has 18 heavy (non-hydrogen) atoms. The number of aliphatic hydroxyl groups is 1. The van der Waals surface area contributed by atoms with E-state index in [1.165, 1.54) is 0 Å². The number of hydrogen-bond acceptors (Lipinski definition) is 4. The molecular weight excluding hydrogens is 252 g/mol. The summed E-state index contributed by atoms with van der Waals surface area (Å²) in [5.74, 6) is -0.573. The Morgan fingerprint density at radius 2 is 1.89 bits per heavy atom. The molecule has 0 amide bonds. The summed E-state index contributed by atoms with van der Waals surface area (Å²) in [5, 5.41) is 8.99. The number of aryl methyl sites for hydroxylation is 1. The molecule has 0 fully saturated rings. The van der Waals surface area contributed by atoms with Gasteiger partial charge in [-0.1, -0.05) is 26.0 Å². The number of carbonyl (C=O) groups excluding carboxylic acids is 1. The zero-order chi connectivity index (χ0) is 14.1. The first-order chi connectivity index (χ1) is 8.20. The van der Waals surface area contributed by atoms with E-state index in [1.807, 2.05) is 13.8 Å². The minimum atomic E-state index is -3.52. The first-order valence-corrected chi connectivity index (χ1v) is 7.57. The molecular formula is C13H18O4S. The molecule has 5 heteroatoms. The number of hydrogen-bond donors (Lipinski definition) is 1. The molecule has 0 spiro atoms. The van der Waals surface area contributed by atoms with Crippen LogP contribution in [-0.2, 0) is 9.84 Å². The van der Waals surface area contributed by atoms with Crippen LogP contribution in [0, 0.1) is 6.92 Å². The Balaban J connectivity index is 3.78. The second kappa shape index (κ2) is 5.20. The lowest BCUT2D eigenvalue weighted by molar-refractivity contribution is 0.0899. The van der Waals surface area contributed by atoms with Crippen LogP contribution in [0.15, 0.2) is 17.0 Å². The van der Waals surface area contributed by atoms with Gasteiger partial charge in [0.15, 0.2) is 15.6 Å². The van der Waals surface area contributed by atoms with Crippen LogP contribution in [0.2, 0.25) is 0 Å². The van der Waals surface area contributed by atoms with Crippen LogP contribution < -0.4 is 0 Å². The summed E-state index contributed by atoms with van der Waals surface area (Å²) >= 11 is 0. The molecule has 0 heterocycles. The number of sulfone groups is 1. The molecule has 4 nitrogen and oxygen atoms in total. The third-order valence-corrected chi connectivity index (χ3v) is 3.99. The van der Waals surface area contributed by atoms with E-state index in [0.717, 1.165) is 6.26 Å². The Bertz CT molecular complexity index is 571. The van der Waals surface area contributed by atoms with Gasteiger partial charge in [0.05, 0.1) is 4.90 Å². The van der Waals surface area contributed by atoms with Crippen molar-refractivity contribution >= 4 is 15.6 Å². The number of benzene rings is 1. The van der Waals surface area contributed by atoms with E-state index in [1.54, 1.807) is 19.1 Å². The van der Waals surface area contributed by atoms with Gasteiger partial charge in [0.25, 0.3) is 0 Å². The molecule has 1 aromatic rings. The molecule has 0 saturated carbocycles. The monoisotopic (exact) mass is 270 g/mol. The third-order valence-electron chi connectivity index (χ3n) is 2.81. The number of aliphatic hydroxyl groups excluding tert-OH is 1. The SMILES string of the molecule is Cc1ccc(C(C)C)c(S(C)(=O)=O)c1C(=O)CO. The maximum absolute atomic E-state index is 11.9. The van der Waals surface area contributed by atoms with Crippen LogP contribution >= 0.6 is 0 Å². The molecule has 0 bridgehead atoms. The van der Waals surface area contributed by atoms with Crippen molar-refractivity contribution in [1.82, 2.24) is 0 Å². The summed E-state index contributed by atoms with van der Waals surface area (Å²) in [7, 11) is -3.52. The van der Waals surface area contributed by atoms with Crippen molar-refractivity contribution in [3.05, 3.63) is 28.8 Å². The fourth-order valence-corrected chi connectivity index (χ4v) is 3.35. The highest BCUT2D eigenvalue weighted by molar-refractivity contribution is 7.90. The highest BCUT2D eigenvalue weighted by atomic mass is 32.2. The highest BCUT2D eigenvalue weighted by Gasteiger charge is 2.25. The van der Waals surface area contributed by atoms with E-state index in [9.17, 15) is 13.2 Å². The lowest BCUT2D eigenvalue weighted by Crippen LogP contribution is -2.16. The molecule has 0 atom stereocenters. The Morgan fingerprint density at radius 3 is 2.28 bits per heavy atom. The zero-order valence-electron chi connectivity index (χ0n) is 11.0. The van der Waals surface area contributed by atoms with Gasteiger partial charge in [-0.2, -0.15) is 0 Å². The predicted molar refractivity (Wildman–Crippen MR) is 69.8 cm³/mol. The maximum Gasteiger partial charge on any atom is 0.189 e. The molecule has 0 unspecified atom stereocenters. The maximum atomic E-state index is 11.9. The summed E-state index contributed by atoms with van der Waals surface area (Å²) in [5.41, 5.74) is 1.30. The van der Waals surface area contributed by atoms with Crippen molar-refractivity contribution in [3.8, 4) is 0 Å². The Morgan fingerprint density at radius 1 is 1.33 bits per heavy atom. The minimum Gasteiger partial charge on any atom is -0.388 e. The minimum absolute atomic E-state index is 0.0134. The standard InChI is InChI=1S/C13H18O4S/c1-8(2)10-6-5-9(3)12(11(15)7-14)13(10)18(4,16)17/h5-6,8,14H,7H2,1-4H3. The van der Waals surface area contributed by atoms with Crippen molar-refractivity contribution in [3.63, 3.8) is 0 Å². The predicted octanol–water partition coefficient (Wildman–Crippen LogP) is 1.70. The van der Waals surface area contributed by atoms with Gasteiger partial charge >= 0.3 is 0 Å². The third kappa shape index (κ3) is 2.79. The summed E-state index contributed by atoms with van der Waals surface area (Å²) in [4.78, 5) is 11.8. The second-order valence-corrected chi connectivity index (χ2v) is 6.64. The van der Waals surface area contributed by atoms with Crippen LogP contribution in [0.3, 0.4) is 0 Å². The van der Waals surface area contributed by atoms with Gasteiger partial charge in [0.2, 0.25) is 0 Å². The highest BCUT2D eigenvalue weighted by Crippen LogP contribution is 2.29. The average Bonchev–Trinajstić information content (AvgIpc) is 2.25. The normalized spacial score (nSPS) is 11.9. The van der Waals surface area contributed by atoms with Crippen LogP contribution in [-0.4, -0.2) is 32.2 Å². The molecule has 0 aliphatic heterocycles. The average molecular weight is 270 g/mol. The van der Waals surface area contributed by atoms with E-state index in [-0.39, 0.29) is 16.4 Å². The molecule has 0 saturated heterocycles. The molecule has 0 aliphatic carbocycles. The first-order valence-electron chi connectivity index (χ1n) is 5.67. The van der Waals surface area contributed by atoms with Crippen molar-refractivity contribution in [2.45, 2.75) is 31.6 Å². The van der Waals surface area contributed by atoms with Gasteiger partial charge in [-0.15, -0.1) is 0 Å². The van der Waals surface area contributed by atoms with Gasteiger partial charge in [-0.25, -0.2) is 8.42 Å². The van der Waals surface area contributed by atoms with Crippen molar-refractivity contribution in [1.29, 1.82) is 0 Å². The lowest BCUT2D eigenvalue weighted by Gasteiger charge is -2.17. The Labute approximate surface area is 108 Å². The summed E-state index contributed by atoms with van der Waals surface area (Å²) in [6.45, 7) is 4.71. The van der Waals surface area contributed by atoms with E-state index < -0.39 is 22.2 Å². The summed E-state index contributed by atoms with van der Waals surface area (Å²) < 4.78 is 23.8. The van der Waals surface area contributed by atoms with Crippen LogP contribution in [0.1, 0.15) is 41.3 Å². The number of rotatable bonds is 4. The second-order valence-electron chi connectivity index (χ2n) is 4.68. The molecule has 100 valence electrons. The van der Waals surface area contributed by atoms with Crippen LogP contribution in [0.5, 0.6) is 0 Å². The first kappa shape index (κ1) is 14.9. The molecule has 1 rings (SSSR count). The van der Waals surface area contributed by atoms with Gasteiger partial charge in [-0.3, -0.25) is 4.79 Å². The fraction of sp³-hybridized carbons (Fsp3) is 0.462. The molecule has 1 aromatic carbocycles. The summed E-state index contributed by atoms with van der Waals surface area (Å²) in [6, 6.07) is 3.44. The van der Waals surface area contributed by atoms with Gasteiger partial charge in [0.1, 0.15) is 6.61 Å². The van der Waals surface area contributed by atoms with Gasteiger partial charge < -0.3 is 5.11 Å². The molecule has 0 aromatic heterocycles. The lowest BCUT2D eigenvalue weighted by atomic mass is 9.95. The number of Topliss-reactive ketones (excluding diaryl/α,β-unsaturated/α-hetero) is 1. The van der Waals surface area contributed by atoms with Gasteiger partial charge in [0, 0.05) is 11.8 Å². The van der Waals surface area contributed by atoms with E-state index in [4.69, 9.17) is 5.11 Å². The van der Waals surface area contributed by atoms with Crippen molar-refractivity contribution in [2.75, 3.05) is 12.9 Å². The quantitative estimate of drug-likeness (QED) is 0.845. The topological polar surface area (TPSA) is 71.4 Å². The molecule has 0 radical (unpaired) electrons. The van der Waals surface area contributed by atoms with Crippen LogP contribution in [0.4, 0.5) is 0 Å². The number of carbonyl (C=O) groups is 1. The van der Waals surface area contributed by atoms with Crippen molar-refractivity contribution in [2.24, 2.45) is 0 Å². The largest absolute Gasteiger partial charge is 0.388 e. The van der Waals surface area contributed by atoms with E-state index >= 15 is 0 Å². The fourth-order valence-electron chi connectivity index (χ4n) is 1.98. The molecule has 0 aliphatic rings. The van der Waals surface area contributed by atoms with E-state index in [0.29, 0.717) is 11.1 Å². The van der Waals surface area contributed by atoms with Gasteiger partial charge in [-0.05, 0) is 24.0 Å². The van der Waals surface area contributed by atoms with Crippen molar-refractivity contribution < 1.29 is 18.3 Å². The van der Waals surface area contributed by atoms with E-state index in [2.05, 4.69) is 0 Å². The smallest absolute Gasteiger partial charge is 0.189 e. The Kier molecular flexibility index (Phi) is 4.29. The van der Waals surface area contributed by atoms with Crippen LogP contribution in [0.25, 0.3) is 0 Å². The Hall–Kier alpha value is -1.20. The molecule has 1 N–H and O–H groups in total. The zero-order valence-corrected chi connectivity index (χ0v) is 11.8. The number of ketones is 1.